The van der Waals surface area contributed by atoms with Gasteiger partial charge in [-0.2, -0.15) is 0 Å². The molecule has 0 radical (unpaired) electrons. The zero-order chi connectivity index (χ0) is 13.7. The summed E-state index contributed by atoms with van der Waals surface area (Å²) < 4.78 is 12.9. The number of rotatable bonds is 5. The Labute approximate surface area is 124 Å². The van der Waals surface area contributed by atoms with Crippen LogP contribution in [-0.4, -0.2) is 12.4 Å². The van der Waals surface area contributed by atoms with Crippen molar-refractivity contribution in [2.24, 2.45) is 11.8 Å². The second-order valence-corrected chi connectivity index (χ2v) is 6.04. The molecule has 0 aromatic heterocycles. The zero-order valence-corrected chi connectivity index (χ0v) is 12.5. The average Bonchev–Trinajstić information content (AvgIpc) is 2.42. The van der Waals surface area contributed by atoms with E-state index in [1.807, 2.05) is 0 Å². The van der Waals surface area contributed by atoms with Gasteiger partial charge in [-0.1, -0.05) is 30.5 Å². The molecule has 2 unspecified atom stereocenters. The first-order valence-corrected chi connectivity index (χ1v) is 7.82. The Morgan fingerprint density at radius 2 is 1.95 bits per heavy atom. The van der Waals surface area contributed by atoms with Crippen molar-refractivity contribution in [1.29, 1.82) is 0 Å². The van der Waals surface area contributed by atoms with Crippen LogP contribution in [0.5, 0.6) is 0 Å². The van der Waals surface area contributed by atoms with Gasteiger partial charge in [0, 0.05) is 17.4 Å². The number of benzene rings is 1. The summed E-state index contributed by atoms with van der Waals surface area (Å²) in [6.45, 7) is 1.65. The Balaban J connectivity index is 1.82. The molecule has 1 saturated carbocycles. The van der Waals surface area contributed by atoms with Gasteiger partial charge in [-0.3, -0.25) is 0 Å². The van der Waals surface area contributed by atoms with Gasteiger partial charge in [-0.15, -0.1) is 11.6 Å². The summed E-state index contributed by atoms with van der Waals surface area (Å²) in [6.07, 6.45) is 5.10. The Morgan fingerprint density at radius 3 is 2.63 bits per heavy atom. The lowest BCUT2D eigenvalue weighted by molar-refractivity contribution is 0.250. The maximum absolute atomic E-state index is 12.9. The number of hydrogen-bond donors (Lipinski definition) is 1. The molecule has 106 valence electrons. The minimum absolute atomic E-state index is 0.289. The van der Waals surface area contributed by atoms with Crippen LogP contribution in [0.2, 0.25) is 5.02 Å². The van der Waals surface area contributed by atoms with Crippen molar-refractivity contribution in [3.8, 4) is 0 Å². The van der Waals surface area contributed by atoms with Crippen LogP contribution < -0.4 is 5.32 Å². The van der Waals surface area contributed by atoms with Gasteiger partial charge < -0.3 is 5.32 Å². The van der Waals surface area contributed by atoms with Crippen LogP contribution >= 0.6 is 23.2 Å². The fourth-order valence-corrected chi connectivity index (χ4v) is 3.45. The molecule has 0 aliphatic heterocycles. The van der Waals surface area contributed by atoms with Crippen molar-refractivity contribution in [1.82, 2.24) is 5.32 Å². The molecule has 1 aliphatic rings. The molecule has 1 aromatic carbocycles. The van der Waals surface area contributed by atoms with Crippen molar-refractivity contribution < 1.29 is 4.39 Å². The molecular weight excluding hydrogens is 284 g/mol. The normalized spacial score (nSPS) is 23.5. The number of hydrogen-bond acceptors (Lipinski definition) is 1. The summed E-state index contributed by atoms with van der Waals surface area (Å²) in [6, 6.07) is 4.55. The molecule has 1 aliphatic carbocycles. The van der Waals surface area contributed by atoms with Crippen molar-refractivity contribution in [3.05, 3.63) is 34.6 Å². The van der Waals surface area contributed by atoms with E-state index in [1.165, 1.54) is 37.8 Å². The molecule has 2 atom stereocenters. The Bertz CT molecular complexity index is 411. The lowest BCUT2D eigenvalue weighted by Gasteiger charge is -2.30. The van der Waals surface area contributed by atoms with Gasteiger partial charge in [0.05, 0.1) is 0 Å². The molecule has 0 amide bonds. The third-order valence-electron chi connectivity index (χ3n) is 4.00. The molecule has 2 rings (SSSR count). The third kappa shape index (κ3) is 4.34. The largest absolute Gasteiger partial charge is 0.312 e. The molecule has 1 N–H and O–H groups in total. The van der Waals surface area contributed by atoms with Crippen molar-refractivity contribution >= 4 is 23.2 Å². The van der Waals surface area contributed by atoms with E-state index in [9.17, 15) is 4.39 Å². The highest BCUT2D eigenvalue weighted by atomic mass is 35.5. The quantitative estimate of drug-likeness (QED) is 0.783. The molecule has 19 heavy (non-hydrogen) atoms. The highest BCUT2D eigenvalue weighted by Gasteiger charge is 2.23. The number of alkyl halides is 1. The summed E-state index contributed by atoms with van der Waals surface area (Å²) >= 11 is 12.0. The lowest BCUT2D eigenvalue weighted by atomic mass is 9.80. The van der Waals surface area contributed by atoms with E-state index in [2.05, 4.69) is 5.32 Å². The van der Waals surface area contributed by atoms with E-state index in [4.69, 9.17) is 23.2 Å². The second kappa shape index (κ2) is 7.47. The summed E-state index contributed by atoms with van der Waals surface area (Å²) in [5.41, 5.74) is 0.946. The molecule has 1 fully saturated rings. The van der Waals surface area contributed by atoms with E-state index in [-0.39, 0.29) is 5.82 Å². The van der Waals surface area contributed by atoms with E-state index < -0.39 is 0 Å². The highest BCUT2D eigenvalue weighted by Crippen LogP contribution is 2.30. The van der Waals surface area contributed by atoms with Crippen molar-refractivity contribution in [2.45, 2.75) is 32.2 Å². The fraction of sp³-hybridized carbons (Fsp3) is 0.600. The Hall–Kier alpha value is -0.310. The topological polar surface area (TPSA) is 12.0 Å². The summed E-state index contributed by atoms with van der Waals surface area (Å²) in [7, 11) is 0. The van der Waals surface area contributed by atoms with Gasteiger partial charge >= 0.3 is 0 Å². The van der Waals surface area contributed by atoms with Crippen LogP contribution in [0, 0.1) is 17.7 Å². The maximum atomic E-state index is 12.9. The van der Waals surface area contributed by atoms with Gasteiger partial charge in [0.2, 0.25) is 0 Å². The molecule has 1 aromatic rings. The molecule has 0 heterocycles. The molecule has 0 bridgehead atoms. The summed E-state index contributed by atoms with van der Waals surface area (Å²) in [5.74, 6) is 1.75. The van der Waals surface area contributed by atoms with Crippen molar-refractivity contribution in [3.63, 3.8) is 0 Å². The van der Waals surface area contributed by atoms with Crippen LogP contribution in [0.15, 0.2) is 18.2 Å². The van der Waals surface area contributed by atoms with Gasteiger partial charge in [-0.05, 0) is 48.9 Å². The van der Waals surface area contributed by atoms with Gasteiger partial charge in [0.1, 0.15) is 5.82 Å². The highest BCUT2D eigenvalue weighted by molar-refractivity contribution is 6.31. The third-order valence-corrected chi connectivity index (χ3v) is 4.75. The SMILES string of the molecule is Fc1ccc(CNCC2CCCCC2CCl)c(Cl)c1. The van der Waals surface area contributed by atoms with E-state index in [1.54, 1.807) is 6.07 Å². The minimum Gasteiger partial charge on any atom is -0.312 e. The van der Waals surface area contributed by atoms with Crippen LogP contribution in [-0.2, 0) is 6.54 Å². The van der Waals surface area contributed by atoms with E-state index >= 15 is 0 Å². The van der Waals surface area contributed by atoms with Gasteiger partial charge in [0.25, 0.3) is 0 Å². The first kappa shape index (κ1) is 15.1. The first-order valence-electron chi connectivity index (χ1n) is 6.91. The predicted octanol–water partition coefficient (Wildman–Crippen LogP) is 4.61. The van der Waals surface area contributed by atoms with Crippen LogP contribution in [0.1, 0.15) is 31.2 Å². The van der Waals surface area contributed by atoms with Crippen molar-refractivity contribution in [2.75, 3.05) is 12.4 Å². The zero-order valence-electron chi connectivity index (χ0n) is 11.0. The van der Waals surface area contributed by atoms with E-state index in [0.29, 0.717) is 23.4 Å². The number of nitrogens with one attached hydrogen (secondary N) is 1. The summed E-state index contributed by atoms with van der Waals surface area (Å²) in [4.78, 5) is 0. The molecule has 1 nitrogen and oxygen atoms in total. The first-order chi connectivity index (χ1) is 9.20. The molecule has 0 spiro atoms. The monoisotopic (exact) mass is 303 g/mol. The predicted molar refractivity (Wildman–Crippen MR) is 79.3 cm³/mol. The average molecular weight is 304 g/mol. The van der Waals surface area contributed by atoms with Gasteiger partial charge in [0.15, 0.2) is 0 Å². The van der Waals surface area contributed by atoms with E-state index in [0.717, 1.165) is 18.0 Å². The van der Waals surface area contributed by atoms with Gasteiger partial charge in [-0.25, -0.2) is 4.39 Å². The second-order valence-electron chi connectivity index (χ2n) is 5.33. The standard InChI is InChI=1S/C15H20Cl2FN/c16-8-11-3-1-2-4-12(11)9-19-10-13-5-6-14(18)7-15(13)17/h5-7,11-12,19H,1-4,8-10H2. The Kier molecular flexibility index (Phi) is 5.93. The maximum Gasteiger partial charge on any atom is 0.124 e. The van der Waals surface area contributed by atoms with Crippen LogP contribution in [0.4, 0.5) is 4.39 Å². The molecule has 4 heteroatoms. The molecular formula is C15H20Cl2FN. The summed E-state index contributed by atoms with van der Waals surface area (Å²) in [5, 5.41) is 3.92. The minimum atomic E-state index is -0.289. The Morgan fingerprint density at radius 1 is 1.21 bits per heavy atom. The lowest BCUT2D eigenvalue weighted by Crippen LogP contribution is -2.31. The fourth-order valence-electron chi connectivity index (χ4n) is 2.81. The van der Waals surface area contributed by atoms with Crippen LogP contribution in [0.3, 0.4) is 0 Å². The smallest absolute Gasteiger partial charge is 0.124 e. The number of halogens is 3. The van der Waals surface area contributed by atoms with Crippen LogP contribution in [0.25, 0.3) is 0 Å². The molecule has 0 saturated heterocycles.